The van der Waals surface area contributed by atoms with E-state index >= 15 is 0 Å². The van der Waals surface area contributed by atoms with Gasteiger partial charge in [0, 0.05) is 44.0 Å². The van der Waals surface area contributed by atoms with Gasteiger partial charge in [0.2, 0.25) is 0 Å². The highest BCUT2D eigenvalue weighted by Crippen LogP contribution is 2.29. The summed E-state index contributed by atoms with van der Waals surface area (Å²) in [5, 5.41) is 0. The van der Waals surface area contributed by atoms with Gasteiger partial charge in [0.25, 0.3) is 5.91 Å². The van der Waals surface area contributed by atoms with Crippen molar-refractivity contribution in [2.45, 2.75) is 32.2 Å². The summed E-state index contributed by atoms with van der Waals surface area (Å²) < 4.78 is 5.59. The number of allylic oxidation sites excluding steroid dienone is 2. The molecule has 34 heavy (non-hydrogen) atoms. The molecule has 1 saturated heterocycles. The fourth-order valence-corrected chi connectivity index (χ4v) is 5.43. The third kappa shape index (κ3) is 5.11. The zero-order valence-corrected chi connectivity index (χ0v) is 20.2. The summed E-state index contributed by atoms with van der Waals surface area (Å²) in [5.74, 6) is 1.16. The van der Waals surface area contributed by atoms with Gasteiger partial charge in [-0.25, -0.2) is 0 Å². The van der Waals surface area contributed by atoms with Gasteiger partial charge in [-0.2, -0.15) is 0 Å². The number of para-hydroxylation sites is 1. The predicted octanol–water partition coefficient (Wildman–Crippen LogP) is 4.65. The molecule has 0 radical (unpaired) electrons. The van der Waals surface area contributed by atoms with Crippen LogP contribution in [0, 0.1) is 0 Å². The number of methoxy groups -OCH3 is 1. The number of amides is 1. The van der Waals surface area contributed by atoms with Crippen molar-refractivity contribution in [3.63, 3.8) is 0 Å². The first kappa shape index (κ1) is 22.9. The van der Waals surface area contributed by atoms with Crippen molar-refractivity contribution >= 4 is 11.6 Å². The second-order valence-corrected chi connectivity index (χ2v) is 9.55. The van der Waals surface area contributed by atoms with Gasteiger partial charge >= 0.3 is 0 Å². The smallest absolute Gasteiger partial charge is 0.258 e. The molecule has 2 heterocycles. The molecule has 1 aliphatic carbocycles. The lowest BCUT2D eigenvalue weighted by Gasteiger charge is -2.25. The number of carbonyl (C=O) groups is 1. The van der Waals surface area contributed by atoms with Crippen molar-refractivity contribution in [3.8, 4) is 0 Å². The summed E-state index contributed by atoms with van der Waals surface area (Å²) in [5.41, 5.74) is 5.75. The van der Waals surface area contributed by atoms with Crippen LogP contribution in [0.15, 0.2) is 72.0 Å². The molecule has 1 amide bonds. The lowest BCUT2D eigenvalue weighted by molar-refractivity contribution is 0.0989. The molecule has 3 aliphatic rings. The molecule has 0 atom stereocenters. The van der Waals surface area contributed by atoms with Gasteiger partial charge in [-0.3, -0.25) is 14.6 Å². The lowest BCUT2D eigenvalue weighted by atomic mass is 10.0. The van der Waals surface area contributed by atoms with Crippen LogP contribution in [-0.4, -0.2) is 62.1 Å². The highest BCUT2D eigenvalue weighted by Gasteiger charge is 2.25. The normalized spacial score (nSPS) is 19.3. The molecule has 2 aromatic rings. The Morgan fingerprint density at radius 3 is 2.59 bits per heavy atom. The molecule has 1 fully saturated rings. The molecule has 2 aromatic carbocycles. The van der Waals surface area contributed by atoms with Crippen LogP contribution in [0.25, 0.3) is 0 Å². The van der Waals surface area contributed by atoms with Crippen molar-refractivity contribution in [1.29, 1.82) is 0 Å². The molecule has 0 saturated carbocycles. The van der Waals surface area contributed by atoms with Crippen LogP contribution >= 0.6 is 0 Å². The number of benzene rings is 2. The summed E-state index contributed by atoms with van der Waals surface area (Å²) in [6, 6.07) is 16.5. The first-order valence-corrected chi connectivity index (χ1v) is 12.6. The molecule has 0 bridgehead atoms. The number of nitrogens with zero attached hydrogens (tertiary/aromatic N) is 3. The van der Waals surface area contributed by atoms with Crippen LogP contribution in [0.1, 0.15) is 40.7 Å². The van der Waals surface area contributed by atoms with E-state index in [1.54, 1.807) is 7.11 Å². The van der Waals surface area contributed by atoms with E-state index in [9.17, 15) is 4.79 Å². The first-order valence-electron chi connectivity index (χ1n) is 12.6. The minimum Gasteiger partial charge on any atom is -0.497 e. The predicted molar refractivity (Wildman–Crippen MR) is 137 cm³/mol. The van der Waals surface area contributed by atoms with Gasteiger partial charge in [-0.05, 0) is 79.7 Å². The Hall–Kier alpha value is -2.89. The van der Waals surface area contributed by atoms with Gasteiger partial charge in [0.1, 0.15) is 5.76 Å². The average Bonchev–Trinajstić information content (AvgIpc) is 3.19. The van der Waals surface area contributed by atoms with Crippen molar-refractivity contribution in [1.82, 2.24) is 9.80 Å². The number of hydrogen-bond acceptors (Lipinski definition) is 4. The second-order valence-electron chi connectivity index (χ2n) is 9.55. The van der Waals surface area contributed by atoms with Crippen molar-refractivity contribution in [3.05, 3.63) is 88.7 Å². The Labute approximate surface area is 203 Å². The largest absolute Gasteiger partial charge is 0.497 e. The van der Waals surface area contributed by atoms with Gasteiger partial charge in [-0.15, -0.1) is 0 Å². The van der Waals surface area contributed by atoms with Crippen LogP contribution in [0.3, 0.4) is 0 Å². The molecule has 0 spiro atoms. The Morgan fingerprint density at radius 2 is 1.74 bits per heavy atom. The highest BCUT2D eigenvalue weighted by molar-refractivity contribution is 6.07. The Bertz CT molecular complexity index is 1090. The van der Waals surface area contributed by atoms with Gasteiger partial charge in [0.15, 0.2) is 0 Å². The number of carbonyl (C=O) groups excluding carboxylic acids is 1. The third-order valence-electron chi connectivity index (χ3n) is 7.26. The van der Waals surface area contributed by atoms with Crippen molar-refractivity contribution in [2.24, 2.45) is 0 Å². The fourth-order valence-electron chi connectivity index (χ4n) is 5.43. The van der Waals surface area contributed by atoms with E-state index in [-0.39, 0.29) is 5.91 Å². The number of ether oxygens (including phenoxy) is 1. The van der Waals surface area contributed by atoms with Crippen LogP contribution in [0.4, 0.5) is 5.69 Å². The summed E-state index contributed by atoms with van der Waals surface area (Å²) in [4.78, 5) is 20.3. The fraction of sp³-hybridized carbons (Fsp3) is 0.414. The van der Waals surface area contributed by atoms with E-state index in [0.717, 1.165) is 88.5 Å². The first-order chi connectivity index (χ1) is 16.7. The van der Waals surface area contributed by atoms with E-state index in [2.05, 4.69) is 52.3 Å². The maximum Gasteiger partial charge on any atom is 0.258 e. The summed E-state index contributed by atoms with van der Waals surface area (Å²) in [6.45, 7) is 6.97. The van der Waals surface area contributed by atoms with Crippen LogP contribution < -0.4 is 4.90 Å². The molecule has 0 aromatic heterocycles. The molecule has 178 valence electrons. The van der Waals surface area contributed by atoms with E-state index in [0.29, 0.717) is 0 Å². The Morgan fingerprint density at radius 1 is 0.912 bits per heavy atom. The zero-order chi connectivity index (χ0) is 23.3. The number of rotatable bonds is 6. The molecular formula is C29H35N3O2. The number of fused-ring (bicyclic) bond motifs is 1. The summed E-state index contributed by atoms with van der Waals surface area (Å²) in [6.07, 6.45) is 8.63. The molecule has 0 unspecified atom stereocenters. The van der Waals surface area contributed by atoms with E-state index in [1.165, 1.54) is 16.7 Å². The lowest BCUT2D eigenvalue weighted by Crippen LogP contribution is -2.32. The van der Waals surface area contributed by atoms with Crippen molar-refractivity contribution in [2.75, 3.05) is 51.3 Å². The molecule has 5 heteroatoms. The number of anilines is 1. The minimum absolute atomic E-state index is 0.109. The Kier molecular flexibility index (Phi) is 7.12. The monoisotopic (exact) mass is 457 g/mol. The van der Waals surface area contributed by atoms with Gasteiger partial charge < -0.3 is 9.64 Å². The standard InChI is InChI=1S/C29H35N3O2/c1-34-28-13-5-3-10-26(28)22-31-16-7-15-30(18-19-31)21-23-8-6-11-25(20-23)29(33)32-17-14-24-9-2-4-12-27(24)32/h2,4-6,8-9,11-13,20H,3,7,10,14-19,21-22H2,1H3. The molecule has 5 nitrogen and oxygen atoms in total. The van der Waals surface area contributed by atoms with Crippen LogP contribution in [-0.2, 0) is 17.7 Å². The highest BCUT2D eigenvalue weighted by atomic mass is 16.5. The quantitative estimate of drug-likeness (QED) is 0.633. The van der Waals surface area contributed by atoms with E-state index in [4.69, 9.17) is 4.74 Å². The minimum atomic E-state index is 0.109. The van der Waals surface area contributed by atoms with Gasteiger partial charge in [0.05, 0.1) is 7.11 Å². The molecule has 5 rings (SSSR count). The van der Waals surface area contributed by atoms with Crippen molar-refractivity contribution < 1.29 is 9.53 Å². The molecule has 2 aliphatic heterocycles. The van der Waals surface area contributed by atoms with Gasteiger partial charge in [-0.1, -0.05) is 36.4 Å². The third-order valence-corrected chi connectivity index (χ3v) is 7.26. The summed E-state index contributed by atoms with van der Waals surface area (Å²) in [7, 11) is 1.77. The SMILES string of the molecule is COC1=C(CN2CCCN(Cc3cccc(C(=O)N4CCc5ccccc54)c3)CC2)CCC=C1. The van der Waals surface area contributed by atoms with E-state index in [1.807, 2.05) is 23.1 Å². The topological polar surface area (TPSA) is 36.0 Å². The molecule has 0 N–H and O–H groups in total. The maximum absolute atomic E-state index is 13.3. The second kappa shape index (κ2) is 10.6. The zero-order valence-electron chi connectivity index (χ0n) is 20.2. The Balaban J connectivity index is 1.20. The molecular weight excluding hydrogens is 422 g/mol. The maximum atomic E-state index is 13.3. The summed E-state index contributed by atoms with van der Waals surface area (Å²) >= 11 is 0. The van der Waals surface area contributed by atoms with E-state index < -0.39 is 0 Å². The van der Waals surface area contributed by atoms with Crippen LogP contribution in [0.5, 0.6) is 0 Å². The van der Waals surface area contributed by atoms with Crippen LogP contribution in [0.2, 0.25) is 0 Å². The number of hydrogen-bond donors (Lipinski definition) is 0. The average molecular weight is 458 g/mol.